The van der Waals surface area contributed by atoms with Gasteiger partial charge in [-0.3, -0.25) is 4.79 Å². The van der Waals surface area contributed by atoms with E-state index in [1.54, 1.807) is 11.0 Å². The first-order valence-corrected chi connectivity index (χ1v) is 13.3. The van der Waals surface area contributed by atoms with E-state index in [1.165, 1.54) is 11.3 Å². The number of ether oxygens (including phenoxy) is 1. The molecule has 0 aliphatic carbocycles. The second-order valence-electron chi connectivity index (χ2n) is 7.43. The Labute approximate surface area is 195 Å². The summed E-state index contributed by atoms with van der Waals surface area (Å²) >= 11 is 14.1. The van der Waals surface area contributed by atoms with Crippen LogP contribution in [0.3, 0.4) is 0 Å². The van der Waals surface area contributed by atoms with Crippen molar-refractivity contribution < 1.29 is 17.9 Å². The van der Waals surface area contributed by atoms with Crippen molar-refractivity contribution in [3.8, 4) is 5.75 Å². The monoisotopic (exact) mass is 497 g/mol. The number of hydrogen-bond acceptors (Lipinski definition) is 5. The average Bonchev–Trinajstić information content (AvgIpc) is 3.27. The van der Waals surface area contributed by atoms with Gasteiger partial charge in [0.1, 0.15) is 10.6 Å². The number of amides is 1. The minimum Gasteiger partial charge on any atom is -0.494 e. The molecule has 2 aromatic carbocycles. The van der Waals surface area contributed by atoms with Crippen LogP contribution in [-0.4, -0.2) is 43.4 Å². The Morgan fingerprint density at radius 2 is 1.94 bits per heavy atom. The summed E-state index contributed by atoms with van der Waals surface area (Å²) in [5, 5.41) is 1.45. The Kier molecular flexibility index (Phi) is 6.49. The second kappa shape index (κ2) is 8.98. The van der Waals surface area contributed by atoms with E-state index in [1.807, 2.05) is 43.3 Å². The maximum Gasteiger partial charge on any atom is 0.266 e. The predicted octanol–water partition coefficient (Wildman–Crippen LogP) is 5.44. The number of thiophene rings is 1. The Morgan fingerprint density at radius 1 is 1.19 bits per heavy atom. The van der Waals surface area contributed by atoms with Crippen LogP contribution in [0.2, 0.25) is 10.0 Å². The molecule has 2 heterocycles. The molecule has 0 spiro atoms. The second-order valence-corrected chi connectivity index (χ2v) is 11.5. The molecule has 1 atom stereocenters. The number of carbonyl (C=O) groups is 1. The number of benzene rings is 2. The molecule has 1 amide bonds. The van der Waals surface area contributed by atoms with E-state index in [2.05, 4.69) is 0 Å². The quantitative estimate of drug-likeness (QED) is 0.454. The number of rotatable bonds is 6. The van der Waals surface area contributed by atoms with Crippen molar-refractivity contribution in [2.45, 2.75) is 25.9 Å². The molecular formula is C22H21Cl2NO4S2. The topological polar surface area (TPSA) is 63.7 Å². The van der Waals surface area contributed by atoms with Gasteiger partial charge in [0.15, 0.2) is 9.84 Å². The molecule has 1 saturated heterocycles. The summed E-state index contributed by atoms with van der Waals surface area (Å²) in [6, 6.07) is 12.5. The molecule has 1 aromatic heterocycles. The van der Waals surface area contributed by atoms with Crippen molar-refractivity contribution in [2.75, 3.05) is 18.1 Å². The van der Waals surface area contributed by atoms with Crippen molar-refractivity contribution in [1.29, 1.82) is 0 Å². The molecule has 1 unspecified atom stereocenters. The summed E-state index contributed by atoms with van der Waals surface area (Å²) < 4.78 is 30.6. The van der Waals surface area contributed by atoms with Crippen molar-refractivity contribution in [1.82, 2.24) is 4.90 Å². The normalized spacial score (nSPS) is 17.7. The Balaban J connectivity index is 1.69. The van der Waals surface area contributed by atoms with E-state index < -0.39 is 15.9 Å². The fraction of sp³-hybridized carbons (Fsp3) is 0.318. The molecule has 9 heteroatoms. The molecule has 0 saturated carbocycles. The van der Waals surface area contributed by atoms with E-state index in [9.17, 15) is 13.2 Å². The van der Waals surface area contributed by atoms with Crippen molar-refractivity contribution >= 4 is 60.4 Å². The van der Waals surface area contributed by atoms with Crippen LogP contribution >= 0.6 is 34.5 Å². The Morgan fingerprint density at radius 3 is 2.55 bits per heavy atom. The van der Waals surface area contributed by atoms with Crippen LogP contribution in [0.15, 0.2) is 42.5 Å². The third kappa shape index (κ3) is 4.70. The highest BCUT2D eigenvalue weighted by molar-refractivity contribution is 7.91. The highest BCUT2D eigenvalue weighted by Gasteiger charge is 2.36. The summed E-state index contributed by atoms with van der Waals surface area (Å²) in [5.41, 5.74) is 0.886. The molecule has 31 heavy (non-hydrogen) atoms. The molecule has 1 fully saturated rings. The molecule has 5 nitrogen and oxygen atoms in total. The number of sulfone groups is 1. The van der Waals surface area contributed by atoms with Crippen molar-refractivity contribution in [3.63, 3.8) is 0 Å². The van der Waals surface area contributed by atoms with Gasteiger partial charge in [0.05, 0.1) is 28.2 Å². The zero-order valence-corrected chi connectivity index (χ0v) is 20.0. The summed E-state index contributed by atoms with van der Waals surface area (Å²) in [4.78, 5) is 15.6. The summed E-state index contributed by atoms with van der Waals surface area (Å²) in [6.45, 7) is 2.76. The maximum absolute atomic E-state index is 13.6. The zero-order chi connectivity index (χ0) is 22.2. The Bertz CT molecular complexity index is 1220. The Hall–Kier alpha value is -1.80. The van der Waals surface area contributed by atoms with Crippen molar-refractivity contribution in [2.24, 2.45) is 0 Å². The fourth-order valence-electron chi connectivity index (χ4n) is 3.78. The van der Waals surface area contributed by atoms with Gasteiger partial charge in [-0.15, -0.1) is 11.3 Å². The summed E-state index contributed by atoms with van der Waals surface area (Å²) in [6.07, 6.45) is 0.411. The molecule has 164 valence electrons. The van der Waals surface area contributed by atoms with E-state index in [0.717, 1.165) is 16.0 Å². The summed E-state index contributed by atoms with van der Waals surface area (Å²) in [7, 11) is -3.17. The lowest BCUT2D eigenvalue weighted by molar-refractivity contribution is 0.0686. The van der Waals surface area contributed by atoms with Gasteiger partial charge < -0.3 is 9.64 Å². The highest BCUT2D eigenvalue weighted by Crippen LogP contribution is 2.40. The van der Waals surface area contributed by atoms with Gasteiger partial charge in [0.25, 0.3) is 5.91 Å². The zero-order valence-electron chi connectivity index (χ0n) is 16.8. The maximum atomic E-state index is 13.6. The fourth-order valence-corrected chi connectivity index (χ4v) is 7.42. The number of halogens is 2. The number of hydrogen-bond donors (Lipinski definition) is 0. The van der Waals surface area contributed by atoms with Gasteiger partial charge >= 0.3 is 0 Å². The van der Waals surface area contributed by atoms with Crippen molar-refractivity contribution in [3.05, 3.63) is 63.0 Å². The van der Waals surface area contributed by atoms with Crippen LogP contribution in [0.4, 0.5) is 0 Å². The molecule has 1 aliphatic rings. The lowest BCUT2D eigenvalue weighted by Gasteiger charge is -2.28. The van der Waals surface area contributed by atoms with Crippen LogP contribution in [0.25, 0.3) is 10.1 Å². The molecular weight excluding hydrogens is 477 g/mol. The van der Waals surface area contributed by atoms with Gasteiger partial charge in [-0.05, 0) is 43.2 Å². The molecule has 0 radical (unpaired) electrons. The van der Waals surface area contributed by atoms with Gasteiger partial charge in [0.2, 0.25) is 0 Å². The predicted molar refractivity (Wildman–Crippen MR) is 126 cm³/mol. The van der Waals surface area contributed by atoms with E-state index >= 15 is 0 Å². The van der Waals surface area contributed by atoms with Crippen LogP contribution in [-0.2, 0) is 16.4 Å². The van der Waals surface area contributed by atoms with Crippen LogP contribution in [0.1, 0.15) is 28.6 Å². The van der Waals surface area contributed by atoms with Crippen LogP contribution in [0.5, 0.6) is 5.75 Å². The first kappa shape index (κ1) is 22.4. The molecule has 0 N–H and O–H groups in total. The molecule has 1 aliphatic heterocycles. The van der Waals surface area contributed by atoms with Crippen LogP contribution < -0.4 is 4.74 Å². The summed E-state index contributed by atoms with van der Waals surface area (Å²) in [5.74, 6) is 0.503. The third-order valence-electron chi connectivity index (χ3n) is 5.30. The smallest absolute Gasteiger partial charge is 0.266 e. The highest BCUT2D eigenvalue weighted by atomic mass is 35.5. The van der Waals surface area contributed by atoms with Crippen LogP contribution in [0, 0.1) is 0 Å². The lowest BCUT2D eigenvalue weighted by Crippen LogP contribution is -2.40. The largest absolute Gasteiger partial charge is 0.494 e. The van der Waals surface area contributed by atoms with Gasteiger partial charge in [0, 0.05) is 22.7 Å². The minimum atomic E-state index is -3.17. The first-order valence-electron chi connectivity index (χ1n) is 9.88. The standard InChI is InChI=1S/C22H21Cl2NO4S2/c1-2-29-16-8-6-14(7-9-16)12-25(15-10-11-31(27,28)13-15)22(26)21-20(24)19-17(23)4-3-5-18(19)30-21/h3-9,15H,2,10-13H2,1H3. The lowest BCUT2D eigenvalue weighted by atomic mass is 10.1. The first-order chi connectivity index (χ1) is 14.8. The third-order valence-corrected chi connectivity index (χ3v) is 9.00. The molecule has 0 bridgehead atoms. The van der Waals surface area contributed by atoms with E-state index in [0.29, 0.717) is 33.3 Å². The van der Waals surface area contributed by atoms with E-state index in [-0.39, 0.29) is 24.0 Å². The van der Waals surface area contributed by atoms with Gasteiger partial charge in [-0.1, -0.05) is 41.4 Å². The van der Waals surface area contributed by atoms with Gasteiger partial charge in [-0.25, -0.2) is 8.42 Å². The minimum absolute atomic E-state index is 0.0426. The average molecular weight is 498 g/mol. The number of carbonyl (C=O) groups excluding carboxylic acids is 1. The SMILES string of the molecule is CCOc1ccc(CN(C(=O)c2sc3cccc(Cl)c3c2Cl)C2CCS(=O)(=O)C2)cc1. The van der Waals surface area contributed by atoms with Gasteiger partial charge in [-0.2, -0.15) is 0 Å². The number of fused-ring (bicyclic) bond motifs is 1. The van der Waals surface area contributed by atoms with E-state index in [4.69, 9.17) is 27.9 Å². The molecule has 4 rings (SSSR count). The number of nitrogens with zero attached hydrogens (tertiary/aromatic N) is 1. The molecule has 3 aromatic rings.